The number of carbonyl (C=O) groups excluding carboxylic acids is 1. The van der Waals surface area contributed by atoms with Gasteiger partial charge in [0.25, 0.3) is 0 Å². The number of carbonyl (C=O) groups is 1. The zero-order valence-corrected chi connectivity index (χ0v) is 18.7. The topological polar surface area (TPSA) is 80.3 Å². The number of hydrogen-bond acceptors (Lipinski definition) is 6. The maximum atomic E-state index is 13.1. The summed E-state index contributed by atoms with van der Waals surface area (Å²) in [4.78, 5) is 26.6. The average molecular weight is 464 g/mol. The molecule has 4 aromatic carbocycles. The van der Waals surface area contributed by atoms with Crippen LogP contribution in [-0.2, 0) is 11.3 Å². The van der Waals surface area contributed by atoms with Crippen LogP contribution in [0.15, 0.2) is 110 Å². The highest BCUT2D eigenvalue weighted by atomic mass is 32.2. The van der Waals surface area contributed by atoms with Gasteiger partial charge in [-0.05, 0) is 41.1 Å². The van der Waals surface area contributed by atoms with Gasteiger partial charge in [0.15, 0.2) is 0 Å². The summed E-state index contributed by atoms with van der Waals surface area (Å²) in [6.07, 6.45) is 0. The molecule has 0 amide bonds. The third kappa shape index (κ3) is 4.17. The highest BCUT2D eigenvalue weighted by Crippen LogP contribution is 2.33. The minimum absolute atomic E-state index is 0.0806. The van der Waals surface area contributed by atoms with Crippen LogP contribution in [0.2, 0.25) is 0 Å². The van der Waals surface area contributed by atoms with Gasteiger partial charge in [-0.3, -0.25) is 0 Å². The van der Waals surface area contributed by atoms with E-state index in [0.717, 1.165) is 21.1 Å². The van der Waals surface area contributed by atoms with Crippen LogP contribution in [0.5, 0.6) is 0 Å². The minimum atomic E-state index is -0.515. The minimum Gasteiger partial charge on any atom is -0.457 e. The molecule has 1 heterocycles. The number of benzene rings is 4. The second-order valence-corrected chi connectivity index (χ2v) is 8.62. The maximum Gasteiger partial charge on any atom is 0.339 e. The van der Waals surface area contributed by atoms with Crippen molar-refractivity contribution >= 4 is 39.5 Å². The molecule has 0 atom stereocenters. The number of esters is 1. The van der Waals surface area contributed by atoms with E-state index in [9.17, 15) is 14.9 Å². The van der Waals surface area contributed by atoms with Gasteiger partial charge in [-0.1, -0.05) is 66.4 Å². The Labute approximate surface area is 199 Å². The van der Waals surface area contributed by atoms with Crippen molar-refractivity contribution < 1.29 is 13.9 Å². The van der Waals surface area contributed by atoms with Crippen molar-refractivity contribution in [3.63, 3.8) is 0 Å². The third-order valence-corrected chi connectivity index (χ3v) is 6.56. The van der Waals surface area contributed by atoms with E-state index in [4.69, 9.17) is 9.15 Å². The van der Waals surface area contributed by atoms with E-state index in [1.54, 1.807) is 30.3 Å². The molecule has 0 saturated carbocycles. The van der Waals surface area contributed by atoms with Gasteiger partial charge in [0, 0.05) is 26.8 Å². The van der Waals surface area contributed by atoms with E-state index < -0.39 is 11.6 Å². The van der Waals surface area contributed by atoms with Crippen LogP contribution in [-0.4, -0.2) is 5.97 Å². The van der Waals surface area contributed by atoms with Crippen molar-refractivity contribution in [2.75, 3.05) is 0 Å². The molecule has 5 aromatic rings. The average Bonchev–Trinajstić information content (AvgIpc) is 2.87. The van der Waals surface area contributed by atoms with E-state index in [2.05, 4.69) is 6.07 Å². The summed E-state index contributed by atoms with van der Waals surface area (Å²) >= 11 is 1.33. The predicted molar refractivity (Wildman–Crippen MR) is 131 cm³/mol. The van der Waals surface area contributed by atoms with Crippen molar-refractivity contribution in [2.24, 2.45) is 0 Å². The number of hydrogen-bond donors (Lipinski definition) is 0. The second-order valence-electron chi connectivity index (χ2n) is 7.53. The SMILES string of the molecule is N#Cc1ccccc1Sc1ccccc1C(=O)OCc1cc(=O)oc2ccc3ccccc3c12. The van der Waals surface area contributed by atoms with E-state index in [0.29, 0.717) is 27.2 Å². The molecule has 0 saturated heterocycles. The molecule has 0 radical (unpaired) electrons. The fourth-order valence-corrected chi connectivity index (χ4v) is 4.86. The largest absolute Gasteiger partial charge is 0.457 e. The number of nitriles is 1. The van der Waals surface area contributed by atoms with E-state index in [-0.39, 0.29) is 6.61 Å². The van der Waals surface area contributed by atoms with E-state index in [1.165, 1.54) is 17.8 Å². The zero-order chi connectivity index (χ0) is 23.5. The summed E-state index contributed by atoms with van der Waals surface area (Å²) in [5.41, 5.74) is 1.44. The van der Waals surface area contributed by atoms with Crippen molar-refractivity contribution in [3.05, 3.63) is 118 Å². The molecule has 0 unspecified atom stereocenters. The van der Waals surface area contributed by atoms with Crippen LogP contribution in [0.1, 0.15) is 21.5 Å². The summed E-state index contributed by atoms with van der Waals surface area (Å²) < 4.78 is 11.0. The maximum absolute atomic E-state index is 13.1. The highest BCUT2D eigenvalue weighted by molar-refractivity contribution is 7.99. The van der Waals surface area contributed by atoms with Crippen LogP contribution in [0.4, 0.5) is 0 Å². The molecule has 0 bridgehead atoms. The van der Waals surface area contributed by atoms with Gasteiger partial charge in [-0.2, -0.15) is 5.26 Å². The third-order valence-electron chi connectivity index (χ3n) is 5.41. The molecule has 164 valence electrons. The summed E-state index contributed by atoms with van der Waals surface area (Å²) in [7, 11) is 0. The Morgan fingerprint density at radius 1 is 0.912 bits per heavy atom. The lowest BCUT2D eigenvalue weighted by Gasteiger charge is -2.12. The molecule has 0 fully saturated rings. The van der Waals surface area contributed by atoms with Gasteiger partial charge in [0.2, 0.25) is 0 Å². The Balaban J connectivity index is 1.47. The summed E-state index contributed by atoms with van der Waals surface area (Å²) in [5, 5.41) is 12.0. The second kappa shape index (κ2) is 9.26. The lowest BCUT2D eigenvalue weighted by atomic mass is 10.0. The molecule has 0 aliphatic heterocycles. The fraction of sp³-hybridized carbons (Fsp3) is 0.0357. The van der Waals surface area contributed by atoms with Gasteiger partial charge < -0.3 is 9.15 Å². The highest BCUT2D eigenvalue weighted by Gasteiger charge is 2.17. The number of rotatable bonds is 5. The number of nitrogens with zero attached hydrogens (tertiary/aromatic N) is 1. The monoisotopic (exact) mass is 463 g/mol. The van der Waals surface area contributed by atoms with E-state index in [1.807, 2.05) is 54.6 Å². The lowest BCUT2D eigenvalue weighted by molar-refractivity contribution is 0.0470. The Morgan fingerprint density at radius 2 is 1.65 bits per heavy atom. The Bertz CT molecular complexity index is 1650. The van der Waals surface area contributed by atoms with Crippen molar-refractivity contribution in [2.45, 2.75) is 16.4 Å². The number of ether oxygens (including phenoxy) is 1. The Morgan fingerprint density at radius 3 is 2.50 bits per heavy atom. The van der Waals surface area contributed by atoms with Crippen LogP contribution in [0.25, 0.3) is 21.7 Å². The van der Waals surface area contributed by atoms with Gasteiger partial charge in [0.05, 0.1) is 11.1 Å². The molecule has 5 nitrogen and oxygen atoms in total. The molecule has 0 aliphatic rings. The first-order chi connectivity index (χ1) is 16.6. The van der Waals surface area contributed by atoms with Crippen LogP contribution in [0, 0.1) is 11.3 Å². The van der Waals surface area contributed by atoms with Gasteiger partial charge in [-0.25, -0.2) is 9.59 Å². The smallest absolute Gasteiger partial charge is 0.339 e. The molecule has 5 rings (SSSR count). The molecule has 1 aromatic heterocycles. The van der Waals surface area contributed by atoms with Gasteiger partial charge in [-0.15, -0.1) is 0 Å². The quantitative estimate of drug-likeness (QED) is 0.172. The number of fused-ring (bicyclic) bond motifs is 3. The fourth-order valence-electron chi connectivity index (χ4n) is 3.85. The first-order valence-electron chi connectivity index (χ1n) is 10.5. The summed E-state index contributed by atoms with van der Waals surface area (Å²) in [6, 6.07) is 29.3. The van der Waals surface area contributed by atoms with E-state index >= 15 is 0 Å². The molecule has 6 heteroatoms. The first kappa shape index (κ1) is 21.5. The van der Waals surface area contributed by atoms with Crippen molar-refractivity contribution in [1.29, 1.82) is 5.26 Å². The van der Waals surface area contributed by atoms with Crippen LogP contribution in [0.3, 0.4) is 0 Å². The summed E-state index contributed by atoms with van der Waals surface area (Å²) in [5.74, 6) is -0.515. The molecule has 0 N–H and O–H groups in total. The Hall–Kier alpha value is -4.34. The van der Waals surface area contributed by atoms with Crippen LogP contribution < -0.4 is 5.63 Å². The first-order valence-corrected chi connectivity index (χ1v) is 11.3. The van der Waals surface area contributed by atoms with Gasteiger partial charge in [0.1, 0.15) is 18.3 Å². The predicted octanol–water partition coefficient (Wildman–Crippen LogP) is 6.33. The standard InChI is InChI=1S/C28H17NO4S/c29-16-19-8-2-5-11-24(19)34-25-12-6-4-10-22(25)28(31)32-17-20-15-26(30)33-23-14-13-18-7-1-3-9-21(18)27(20)23/h1-15H,17H2. The lowest BCUT2D eigenvalue weighted by Crippen LogP contribution is -2.09. The summed E-state index contributed by atoms with van der Waals surface area (Å²) in [6.45, 7) is -0.0806. The van der Waals surface area contributed by atoms with Crippen molar-refractivity contribution in [1.82, 2.24) is 0 Å². The molecule has 34 heavy (non-hydrogen) atoms. The molecular weight excluding hydrogens is 446 g/mol. The van der Waals surface area contributed by atoms with Crippen LogP contribution >= 0.6 is 11.8 Å². The molecular formula is C28H17NO4S. The van der Waals surface area contributed by atoms with Gasteiger partial charge >= 0.3 is 11.6 Å². The Kier molecular flexibility index (Phi) is 5.86. The normalized spacial score (nSPS) is 10.8. The molecule has 0 aliphatic carbocycles. The molecule has 0 spiro atoms. The zero-order valence-electron chi connectivity index (χ0n) is 17.9. The van der Waals surface area contributed by atoms with Crippen molar-refractivity contribution in [3.8, 4) is 6.07 Å².